The normalized spacial score (nSPS) is 17.8. The van der Waals surface area contributed by atoms with Crippen LogP contribution in [-0.4, -0.2) is 10.5 Å². The van der Waals surface area contributed by atoms with Crippen molar-refractivity contribution in [2.45, 2.75) is 32.4 Å². The molecule has 124 valence electrons. The van der Waals surface area contributed by atoms with Crippen molar-refractivity contribution in [1.82, 2.24) is 4.57 Å². The largest absolute Gasteiger partial charge is 0.460 e. The maximum atomic E-state index is 13.0. The van der Waals surface area contributed by atoms with E-state index in [9.17, 15) is 9.59 Å². The average molecular weight is 331 g/mol. The lowest BCUT2D eigenvalue weighted by Gasteiger charge is -2.24. The van der Waals surface area contributed by atoms with Gasteiger partial charge in [0.2, 0.25) is 0 Å². The third-order valence-corrected chi connectivity index (χ3v) is 5.44. The molecule has 0 amide bonds. The quantitative estimate of drug-likeness (QED) is 0.501. The summed E-state index contributed by atoms with van der Waals surface area (Å²) in [6.07, 6.45) is 0.638. The van der Waals surface area contributed by atoms with Crippen molar-refractivity contribution in [3.05, 3.63) is 69.5 Å². The van der Waals surface area contributed by atoms with Gasteiger partial charge in [-0.15, -0.1) is 0 Å². The molecule has 4 nitrogen and oxygen atoms in total. The number of pyridine rings is 1. The van der Waals surface area contributed by atoms with Crippen LogP contribution in [0.1, 0.15) is 36.0 Å². The van der Waals surface area contributed by atoms with E-state index in [0.717, 1.165) is 27.8 Å². The minimum Gasteiger partial charge on any atom is -0.460 e. The monoisotopic (exact) mass is 331 g/mol. The van der Waals surface area contributed by atoms with E-state index in [1.807, 2.05) is 29.7 Å². The highest BCUT2D eigenvalue weighted by atomic mass is 16.5. The summed E-state index contributed by atoms with van der Waals surface area (Å²) >= 11 is 0. The van der Waals surface area contributed by atoms with Crippen LogP contribution in [0.25, 0.3) is 22.0 Å². The van der Waals surface area contributed by atoms with Gasteiger partial charge in [0, 0.05) is 5.56 Å². The highest BCUT2D eigenvalue weighted by molar-refractivity contribution is 5.90. The molecule has 0 saturated carbocycles. The Labute approximate surface area is 144 Å². The zero-order valence-electron chi connectivity index (χ0n) is 13.9. The van der Waals surface area contributed by atoms with Gasteiger partial charge in [-0.1, -0.05) is 31.2 Å². The number of esters is 1. The lowest BCUT2D eigenvalue weighted by Crippen LogP contribution is -2.32. The number of fused-ring (bicyclic) bond motifs is 5. The van der Waals surface area contributed by atoms with E-state index in [0.29, 0.717) is 18.5 Å². The topological polar surface area (TPSA) is 48.3 Å². The molecule has 0 radical (unpaired) electrons. The summed E-state index contributed by atoms with van der Waals surface area (Å²) in [7, 11) is 0. The highest BCUT2D eigenvalue weighted by Crippen LogP contribution is 2.38. The number of hydrogen-bond acceptors (Lipinski definition) is 3. The van der Waals surface area contributed by atoms with E-state index in [1.54, 1.807) is 0 Å². The summed E-state index contributed by atoms with van der Waals surface area (Å²) in [4.78, 5) is 25.1. The Hall–Kier alpha value is -2.88. The zero-order chi connectivity index (χ0) is 17.1. The molecule has 0 saturated heterocycles. The van der Waals surface area contributed by atoms with E-state index in [1.165, 1.54) is 5.39 Å². The first-order chi connectivity index (χ1) is 12.2. The molecule has 25 heavy (non-hydrogen) atoms. The van der Waals surface area contributed by atoms with E-state index >= 15 is 0 Å². The molecular weight excluding hydrogens is 314 g/mol. The Kier molecular flexibility index (Phi) is 2.93. The lowest BCUT2D eigenvalue weighted by molar-refractivity contribution is -0.148. The summed E-state index contributed by atoms with van der Waals surface area (Å²) in [5, 5.41) is 2.34. The molecule has 5 rings (SSSR count). The second kappa shape index (κ2) is 5.06. The number of carbonyl (C=O) groups excluding carboxylic acids is 1. The number of hydrogen-bond donors (Lipinski definition) is 0. The molecule has 3 aromatic rings. The van der Waals surface area contributed by atoms with Gasteiger partial charge in [-0.05, 0) is 46.5 Å². The minimum absolute atomic E-state index is 0.0290. The molecule has 0 N–H and O–H groups in total. The number of ether oxygens (including phenoxy) is 1. The third-order valence-electron chi connectivity index (χ3n) is 5.44. The second-order valence-corrected chi connectivity index (χ2v) is 6.78. The second-order valence-electron chi connectivity index (χ2n) is 6.78. The van der Waals surface area contributed by atoms with Gasteiger partial charge in [-0.25, -0.2) is 0 Å². The summed E-state index contributed by atoms with van der Waals surface area (Å²) in [6.45, 7) is 2.61. The minimum atomic E-state index is -0.341. The van der Waals surface area contributed by atoms with Crippen LogP contribution in [0.5, 0.6) is 0 Å². The van der Waals surface area contributed by atoms with Gasteiger partial charge in [-0.3, -0.25) is 9.59 Å². The molecule has 0 spiro atoms. The van der Waals surface area contributed by atoms with Crippen LogP contribution in [-0.2, 0) is 22.7 Å². The molecular formula is C21H17NO3. The predicted molar refractivity (Wildman–Crippen MR) is 95.6 cm³/mol. The van der Waals surface area contributed by atoms with Crippen LogP contribution in [0.4, 0.5) is 0 Å². The van der Waals surface area contributed by atoms with Gasteiger partial charge >= 0.3 is 5.97 Å². The molecule has 1 unspecified atom stereocenters. The molecule has 2 aliphatic rings. The van der Waals surface area contributed by atoms with Gasteiger partial charge in [0.05, 0.1) is 23.7 Å². The standard InChI is InChI=1S/C21H17NO3/c1-2-15-17-9-19-16-8-13-6-4-3-5-12(13)7-14(16)10-22(19)20(23)18(17)11-25-21(15)24/h3-9,15H,2,10-11H2,1H3. The van der Waals surface area contributed by atoms with E-state index in [-0.39, 0.29) is 24.1 Å². The van der Waals surface area contributed by atoms with Gasteiger partial charge < -0.3 is 9.30 Å². The fourth-order valence-electron chi connectivity index (χ4n) is 4.13. The molecule has 4 heteroatoms. The van der Waals surface area contributed by atoms with Crippen molar-refractivity contribution in [2.75, 3.05) is 0 Å². The molecule has 2 aliphatic heterocycles. The molecule has 2 aromatic carbocycles. The fourth-order valence-corrected chi connectivity index (χ4v) is 4.13. The number of cyclic esters (lactones) is 1. The van der Waals surface area contributed by atoms with Gasteiger partial charge in [0.15, 0.2) is 0 Å². The zero-order valence-corrected chi connectivity index (χ0v) is 13.9. The third kappa shape index (κ3) is 1.94. The Balaban J connectivity index is 1.79. The summed E-state index contributed by atoms with van der Waals surface area (Å²) in [6, 6.07) is 14.6. The maximum Gasteiger partial charge on any atom is 0.313 e. The van der Waals surface area contributed by atoms with Crippen molar-refractivity contribution < 1.29 is 9.53 Å². The first-order valence-corrected chi connectivity index (χ1v) is 8.62. The van der Waals surface area contributed by atoms with Crippen LogP contribution in [0.2, 0.25) is 0 Å². The summed E-state index contributed by atoms with van der Waals surface area (Å²) in [5.74, 6) is -0.567. The molecule has 0 aliphatic carbocycles. The van der Waals surface area contributed by atoms with E-state index in [2.05, 4.69) is 24.3 Å². The van der Waals surface area contributed by atoms with E-state index < -0.39 is 0 Å². The number of rotatable bonds is 1. The molecule has 1 aromatic heterocycles. The van der Waals surface area contributed by atoms with Crippen LogP contribution in [0, 0.1) is 0 Å². The van der Waals surface area contributed by atoms with Crippen molar-refractivity contribution in [3.8, 4) is 11.3 Å². The maximum absolute atomic E-state index is 13.0. The smallest absolute Gasteiger partial charge is 0.313 e. The SMILES string of the molecule is CCC1C(=O)OCc2c1cc1n(c2=O)Cc2cc3ccccc3cc2-1. The van der Waals surface area contributed by atoms with Gasteiger partial charge in [-0.2, -0.15) is 0 Å². The number of aromatic nitrogens is 1. The van der Waals surface area contributed by atoms with Crippen LogP contribution >= 0.6 is 0 Å². The molecule has 1 atom stereocenters. The van der Waals surface area contributed by atoms with Crippen molar-refractivity contribution in [3.63, 3.8) is 0 Å². The molecule has 3 heterocycles. The summed E-state index contributed by atoms with van der Waals surface area (Å²) < 4.78 is 7.05. The van der Waals surface area contributed by atoms with Crippen molar-refractivity contribution in [1.29, 1.82) is 0 Å². The Morgan fingerprint density at radius 2 is 1.88 bits per heavy atom. The first-order valence-electron chi connectivity index (χ1n) is 8.62. The van der Waals surface area contributed by atoms with Crippen molar-refractivity contribution >= 4 is 16.7 Å². The van der Waals surface area contributed by atoms with Gasteiger partial charge in [0.1, 0.15) is 6.61 Å². The van der Waals surface area contributed by atoms with Crippen molar-refractivity contribution in [2.24, 2.45) is 0 Å². The number of carbonyl (C=O) groups is 1. The van der Waals surface area contributed by atoms with Crippen LogP contribution < -0.4 is 5.56 Å². The molecule has 0 bridgehead atoms. The Morgan fingerprint density at radius 3 is 2.64 bits per heavy atom. The number of nitrogens with zero attached hydrogens (tertiary/aromatic N) is 1. The Morgan fingerprint density at radius 1 is 1.12 bits per heavy atom. The van der Waals surface area contributed by atoms with Crippen LogP contribution in [0.15, 0.2) is 47.3 Å². The number of benzene rings is 2. The van der Waals surface area contributed by atoms with E-state index in [4.69, 9.17) is 4.74 Å². The Bertz CT molecular complexity index is 1110. The average Bonchev–Trinajstić information content (AvgIpc) is 2.98. The first kappa shape index (κ1) is 14.5. The highest BCUT2D eigenvalue weighted by Gasteiger charge is 2.33. The predicted octanol–water partition coefficient (Wildman–Crippen LogP) is 3.58. The lowest BCUT2D eigenvalue weighted by atomic mass is 9.90. The van der Waals surface area contributed by atoms with Crippen LogP contribution in [0.3, 0.4) is 0 Å². The van der Waals surface area contributed by atoms with Gasteiger partial charge in [0.25, 0.3) is 5.56 Å². The summed E-state index contributed by atoms with van der Waals surface area (Å²) in [5.41, 5.74) is 4.60. The molecule has 0 fully saturated rings. The fraction of sp³-hybridized carbons (Fsp3) is 0.238.